The SMILES string of the molecule is Cn1ncc2c(S(=O)(=O)c3ccc(CNC(=O)c4cc5cnccc5[nH]4)cc3)cccc21. The van der Waals surface area contributed by atoms with E-state index in [1.807, 2.05) is 6.07 Å². The number of amides is 1. The van der Waals surface area contributed by atoms with Crippen molar-refractivity contribution in [1.82, 2.24) is 25.1 Å². The summed E-state index contributed by atoms with van der Waals surface area (Å²) in [5, 5.41) is 8.45. The molecule has 5 rings (SSSR count). The van der Waals surface area contributed by atoms with E-state index in [1.165, 1.54) is 0 Å². The summed E-state index contributed by atoms with van der Waals surface area (Å²) in [6.07, 6.45) is 4.91. The standard InChI is InChI=1S/C23H19N5O3S/c1-28-21-3-2-4-22(18(21)14-26-28)32(30,31)17-7-5-15(6-8-17)12-25-23(29)20-11-16-13-24-10-9-19(16)27-20/h2-11,13-14,27H,12H2,1H3,(H,25,29). The first-order valence-corrected chi connectivity index (χ1v) is 11.4. The van der Waals surface area contributed by atoms with Crippen molar-refractivity contribution in [3.05, 3.63) is 84.4 Å². The van der Waals surface area contributed by atoms with Crippen LogP contribution in [0.15, 0.2) is 83.0 Å². The molecule has 0 aliphatic rings. The number of H-pyrrole nitrogens is 1. The monoisotopic (exact) mass is 445 g/mol. The van der Waals surface area contributed by atoms with Crippen molar-refractivity contribution in [2.24, 2.45) is 7.05 Å². The van der Waals surface area contributed by atoms with Crippen molar-refractivity contribution >= 4 is 37.6 Å². The molecule has 0 bridgehead atoms. The Labute approximate surface area is 183 Å². The molecule has 1 amide bonds. The Balaban J connectivity index is 1.34. The normalized spacial score (nSPS) is 11.8. The van der Waals surface area contributed by atoms with Crippen LogP contribution in [0, 0.1) is 0 Å². The number of aryl methyl sites for hydroxylation is 1. The van der Waals surface area contributed by atoms with Crippen LogP contribution in [0.1, 0.15) is 16.1 Å². The molecule has 0 aliphatic heterocycles. The fraction of sp³-hybridized carbons (Fsp3) is 0.0870. The van der Waals surface area contributed by atoms with Crippen molar-refractivity contribution < 1.29 is 13.2 Å². The maximum absolute atomic E-state index is 13.2. The highest BCUT2D eigenvalue weighted by Gasteiger charge is 2.21. The summed E-state index contributed by atoms with van der Waals surface area (Å²) in [6, 6.07) is 15.2. The van der Waals surface area contributed by atoms with Gasteiger partial charge in [0.15, 0.2) is 0 Å². The lowest BCUT2D eigenvalue weighted by Crippen LogP contribution is -2.23. The average molecular weight is 446 g/mol. The van der Waals surface area contributed by atoms with Gasteiger partial charge in [-0.15, -0.1) is 0 Å². The number of rotatable bonds is 5. The van der Waals surface area contributed by atoms with Crippen LogP contribution in [-0.4, -0.2) is 34.1 Å². The van der Waals surface area contributed by atoms with Gasteiger partial charge in [0, 0.05) is 42.3 Å². The Morgan fingerprint density at radius 1 is 1.09 bits per heavy atom. The number of aromatic nitrogens is 4. The van der Waals surface area contributed by atoms with Crippen LogP contribution in [0.3, 0.4) is 0 Å². The minimum Gasteiger partial charge on any atom is -0.350 e. The molecular formula is C23H19N5O3S. The van der Waals surface area contributed by atoms with Crippen molar-refractivity contribution in [3.63, 3.8) is 0 Å². The number of carbonyl (C=O) groups excluding carboxylic acids is 1. The van der Waals surface area contributed by atoms with Gasteiger partial charge in [0.2, 0.25) is 9.84 Å². The van der Waals surface area contributed by atoms with Gasteiger partial charge in [-0.25, -0.2) is 8.42 Å². The van der Waals surface area contributed by atoms with Crippen molar-refractivity contribution in [3.8, 4) is 0 Å². The fourth-order valence-electron chi connectivity index (χ4n) is 3.67. The van der Waals surface area contributed by atoms with E-state index in [1.54, 1.807) is 78.9 Å². The van der Waals surface area contributed by atoms with Crippen molar-refractivity contribution in [2.45, 2.75) is 16.3 Å². The lowest BCUT2D eigenvalue weighted by atomic mass is 10.2. The van der Waals surface area contributed by atoms with Crippen LogP contribution in [0.2, 0.25) is 0 Å². The number of benzene rings is 2. The summed E-state index contributed by atoms with van der Waals surface area (Å²) in [5.41, 5.74) is 2.81. The highest BCUT2D eigenvalue weighted by atomic mass is 32.2. The second kappa shape index (κ2) is 7.61. The summed E-state index contributed by atoms with van der Waals surface area (Å²) in [4.78, 5) is 20.0. The minimum absolute atomic E-state index is 0.187. The second-order valence-corrected chi connectivity index (χ2v) is 9.35. The lowest BCUT2D eigenvalue weighted by Gasteiger charge is -2.08. The van der Waals surface area contributed by atoms with Crippen molar-refractivity contribution in [2.75, 3.05) is 0 Å². The molecule has 5 aromatic rings. The summed E-state index contributed by atoms with van der Waals surface area (Å²) >= 11 is 0. The predicted octanol–water partition coefficient (Wildman–Crippen LogP) is 3.21. The first-order valence-electron chi connectivity index (χ1n) is 9.89. The van der Waals surface area contributed by atoms with Crippen LogP contribution in [0.25, 0.3) is 21.8 Å². The molecule has 0 saturated carbocycles. The molecule has 0 radical (unpaired) electrons. The van der Waals surface area contributed by atoms with Gasteiger partial charge >= 0.3 is 0 Å². The molecule has 0 aliphatic carbocycles. The number of aromatic amines is 1. The molecule has 0 unspecified atom stereocenters. The zero-order valence-electron chi connectivity index (χ0n) is 17.1. The third-order valence-electron chi connectivity index (χ3n) is 5.39. The number of nitrogens with zero attached hydrogens (tertiary/aromatic N) is 3. The first kappa shape index (κ1) is 20.0. The summed E-state index contributed by atoms with van der Waals surface area (Å²) < 4.78 is 28.0. The van der Waals surface area contributed by atoms with Crippen LogP contribution in [0.5, 0.6) is 0 Å². The van der Waals surface area contributed by atoms with Gasteiger partial charge in [-0.3, -0.25) is 14.5 Å². The molecule has 3 heterocycles. The van der Waals surface area contributed by atoms with E-state index in [4.69, 9.17) is 0 Å². The zero-order chi connectivity index (χ0) is 22.3. The van der Waals surface area contributed by atoms with E-state index in [2.05, 4.69) is 20.4 Å². The van der Waals surface area contributed by atoms with Crippen molar-refractivity contribution in [1.29, 1.82) is 0 Å². The maximum atomic E-state index is 13.2. The zero-order valence-corrected chi connectivity index (χ0v) is 17.9. The number of hydrogen-bond donors (Lipinski definition) is 2. The topological polar surface area (TPSA) is 110 Å². The lowest BCUT2D eigenvalue weighted by molar-refractivity contribution is 0.0946. The van der Waals surface area contributed by atoms with Gasteiger partial charge in [0.1, 0.15) is 5.69 Å². The van der Waals surface area contributed by atoms with E-state index >= 15 is 0 Å². The molecule has 0 fully saturated rings. The molecule has 0 spiro atoms. The number of hydrogen-bond acceptors (Lipinski definition) is 5. The number of pyridine rings is 1. The fourth-order valence-corrected chi connectivity index (χ4v) is 5.12. The van der Waals surface area contributed by atoms with E-state index < -0.39 is 9.84 Å². The van der Waals surface area contributed by atoms with Crippen LogP contribution < -0.4 is 5.32 Å². The Bertz CT molecular complexity index is 1530. The van der Waals surface area contributed by atoms with E-state index in [-0.39, 0.29) is 22.2 Å². The molecule has 32 heavy (non-hydrogen) atoms. The van der Waals surface area contributed by atoms with Gasteiger partial charge in [-0.1, -0.05) is 18.2 Å². The molecule has 0 saturated heterocycles. The Hall–Kier alpha value is -3.98. The summed E-state index contributed by atoms with van der Waals surface area (Å²) in [5.74, 6) is -0.249. The number of sulfone groups is 1. The Morgan fingerprint density at radius 2 is 1.91 bits per heavy atom. The highest BCUT2D eigenvalue weighted by molar-refractivity contribution is 7.91. The Morgan fingerprint density at radius 3 is 2.69 bits per heavy atom. The maximum Gasteiger partial charge on any atom is 0.267 e. The molecule has 3 aromatic heterocycles. The highest BCUT2D eigenvalue weighted by Crippen LogP contribution is 2.28. The van der Waals surface area contributed by atoms with Gasteiger partial charge in [0.05, 0.1) is 21.5 Å². The number of fused-ring (bicyclic) bond motifs is 2. The summed E-state index contributed by atoms with van der Waals surface area (Å²) in [7, 11) is -1.94. The summed E-state index contributed by atoms with van der Waals surface area (Å²) in [6.45, 7) is 0.269. The predicted molar refractivity (Wildman–Crippen MR) is 120 cm³/mol. The quantitative estimate of drug-likeness (QED) is 0.432. The molecule has 9 heteroatoms. The van der Waals surface area contributed by atoms with Crippen LogP contribution >= 0.6 is 0 Å². The third kappa shape index (κ3) is 3.42. The minimum atomic E-state index is -3.71. The number of carbonyl (C=O) groups is 1. The molecule has 2 aromatic carbocycles. The van der Waals surface area contributed by atoms with Gasteiger partial charge in [0.25, 0.3) is 5.91 Å². The third-order valence-corrected chi connectivity index (χ3v) is 7.22. The molecule has 2 N–H and O–H groups in total. The largest absolute Gasteiger partial charge is 0.350 e. The average Bonchev–Trinajstić information content (AvgIpc) is 3.41. The molecule has 160 valence electrons. The van der Waals surface area contributed by atoms with Gasteiger partial charge < -0.3 is 10.3 Å². The first-order chi connectivity index (χ1) is 15.4. The van der Waals surface area contributed by atoms with Gasteiger partial charge in [-0.2, -0.15) is 5.10 Å². The van der Waals surface area contributed by atoms with E-state index in [0.29, 0.717) is 11.1 Å². The smallest absolute Gasteiger partial charge is 0.267 e. The van der Waals surface area contributed by atoms with Crippen LogP contribution in [0.4, 0.5) is 0 Å². The van der Waals surface area contributed by atoms with E-state index in [0.717, 1.165) is 22.0 Å². The number of nitrogens with one attached hydrogen (secondary N) is 2. The molecular weight excluding hydrogens is 426 g/mol. The van der Waals surface area contributed by atoms with E-state index in [9.17, 15) is 13.2 Å². The van der Waals surface area contributed by atoms with Gasteiger partial charge in [-0.05, 0) is 42.0 Å². The molecule has 0 atom stereocenters. The second-order valence-electron chi connectivity index (χ2n) is 7.43. The molecule has 8 nitrogen and oxygen atoms in total. The van der Waals surface area contributed by atoms with Crippen LogP contribution in [-0.2, 0) is 23.4 Å². The Kier molecular flexibility index (Phi) is 4.75.